The van der Waals surface area contributed by atoms with Gasteiger partial charge < -0.3 is 4.90 Å². The summed E-state index contributed by atoms with van der Waals surface area (Å²) in [5.74, 6) is -0.506. The number of nitrogens with zero attached hydrogens (tertiary/aromatic N) is 1. The number of hydrogen-bond acceptors (Lipinski definition) is 4. The van der Waals surface area contributed by atoms with Gasteiger partial charge in [-0.1, -0.05) is 0 Å². The van der Waals surface area contributed by atoms with Crippen LogP contribution in [0.15, 0.2) is 0 Å². The lowest BCUT2D eigenvalue weighted by Gasteiger charge is -2.36. The van der Waals surface area contributed by atoms with Crippen LogP contribution in [0.1, 0.15) is 27.2 Å². The second-order valence-corrected chi connectivity index (χ2v) is 7.31. The fraction of sp³-hybridized carbons (Fsp3) is 0.778. The number of rotatable bonds is 1. The van der Waals surface area contributed by atoms with E-state index in [-0.39, 0.29) is 18.1 Å². The van der Waals surface area contributed by atoms with Crippen molar-refractivity contribution in [3.63, 3.8) is 0 Å². The number of fused-ring (bicyclic) bond motifs is 1. The van der Waals surface area contributed by atoms with E-state index in [0.717, 1.165) is 0 Å². The van der Waals surface area contributed by atoms with E-state index in [9.17, 15) is 18.0 Å². The van der Waals surface area contributed by atoms with Crippen LogP contribution in [0.4, 0.5) is 0 Å². The standard InChI is InChI=1S/C9H13NO4S/c1-5(11)8-9(2,3)15(13,14)7-4-6(12)10(7)8/h7-8H,4H2,1-3H3/t7-,8+/m1/s1. The fourth-order valence-corrected chi connectivity index (χ4v) is 4.69. The van der Waals surface area contributed by atoms with Crippen LogP contribution in [-0.2, 0) is 19.4 Å². The van der Waals surface area contributed by atoms with Gasteiger partial charge in [0.05, 0.1) is 11.2 Å². The summed E-state index contributed by atoms with van der Waals surface area (Å²) in [4.78, 5) is 24.0. The zero-order valence-corrected chi connectivity index (χ0v) is 9.67. The Morgan fingerprint density at radius 2 is 2.00 bits per heavy atom. The molecule has 0 unspecified atom stereocenters. The number of sulfone groups is 1. The zero-order valence-electron chi connectivity index (χ0n) is 8.85. The average molecular weight is 231 g/mol. The molecule has 84 valence electrons. The smallest absolute Gasteiger partial charge is 0.227 e. The average Bonchev–Trinajstić information content (AvgIpc) is 2.19. The van der Waals surface area contributed by atoms with Gasteiger partial charge in [0.2, 0.25) is 5.91 Å². The van der Waals surface area contributed by atoms with Crippen LogP contribution in [-0.4, -0.2) is 41.2 Å². The normalized spacial score (nSPS) is 35.9. The lowest BCUT2D eigenvalue weighted by molar-refractivity contribution is -0.148. The Hall–Kier alpha value is -0.910. The zero-order chi connectivity index (χ0) is 11.6. The van der Waals surface area contributed by atoms with E-state index >= 15 is 0 Å². The molecule has 2 atom stereocenters. The number of ketones is 1. The highest BCUT2D eigenvalue weighted by molar-refractivity contribution is 7.93. The van der Waals surface area contributed by atoms with E-state index in [2.05, 4.69) is 0 Å². The Balaban J connectivity index is 2.57. The third-order valence-corrected chi connectivity index (χ3v) is 6.16. The highest BCUT2D eigenvalue weighted by Crippen LogP contribution is 2.45. The summed E-state index contributed by atoms with van der Waals surface area (Å²) in [5.41, 5.74) is 0. The molecule has 2 aliphatic heterocycles. The molecule has 2 fully saturated rings. The number of hydrogen-bond donors (Lipinski definition) is 0. The van der Waals surface area contributed by atoms with E-state index in [4.69, 9.17) is 0 Å². The molecule has 0 N–H and O–H groups in total. The first-order valence-corrected chi connectivity index (χ1v) is 6.31. The van der Waals surface area contributed by atoms with Crippen LogP contribution in [0, 0.1) is 0 Å². The number of carbonyl (C=O) groups is 2. The topological polar surface area (TPSA) is 71.5 Å². The minimum Gasteiger partial charge on any atom is -0.313 e. The minimum absolute atomic E-state index is 0.0234. The third kappa shape index (κ3) is 1.00. The molecule has 0 aromatic rings. The van der Waals surface area contributed by atoms with Crippen molar-refractivity contribution < 1.29 is 18.0 Å². The molecule has 2 rings (SSSR count). The Morgan fingerprint density at radius 1 is 1.47 bits per heavy atom. The molecular weight excluding hydrogens is 218 g/mol. The summed E-state index contributed by atoms with van der Waals surface area (Å²) < 4.78 is 22.8. The van der Waals surface area contributed by atoms with Crippen molar-refractivity contribution in [2.24, 2.45) is 0 Å². The Bertz CT molecular complexity index is 451. The van der Waals surface area contributed by atoms with Crippen molar-refractivity contribution in [1.82, 2.24) is 4.90 Å². The van der Waals surface area contributed by atoms with Gasteiger partial charge in [-0.2, -0.15) is 0 Å². The summed E-state index contributed by atoms with van der Waals surface area (Å²) in [5, 5.41) is -0.770. The Kier molecular flexibility index (Phi) is 1.84. The number of β-lactam (4-membered cyclic amide) rings is 1. The van der Waals surface area contributed by atoms with E-state index < -0.39 is 26.0 Å². The molecule has 0 aliphatic carbocycles. The molecule has 2 heterocycles. The second-order valence-electron chi connectivity index (χ2n) is 4.62. The lowest BCUT2D eigenvalue weighted by Crippen LogP contribution is -2.56. The van der Waals surface area contributed by atoms with E-state index in [0.29, 0.717) is 0 Å². The molecule has 1 amide bonds. The summed E-state index contributed by atoms with van der Waals surface area (Å²) in [6, 6.07) is -0.811. The van der Waals surface area contributed by atoms with Crippen molar-refractivity contribution >= 4 is 21.5 Å². The first-order valence-electron chi connectivity index (χ1n) is 4.76. The maximum absolute atomic E-state index is 12.0. The van der Waals surface area contributed by atoms with Gasteiger partial charge in [0, 0.05) is 0 Å². The SMILES string of the molecule is CC(=O)[C@@H]1N2C(=O)C[C@H]2S(=O)(=O)C1(C)C. The van der Waals surface area contributed by atoms with E-state index in [1.807, 2.05) is 0 Å². The van der Waals surface area contributed by atoms with Gasteiger partial charge in [-0.05, 0) is 20.8 Å². The predicted octanol–water partition coefficient (Wildman–Crippen LogP) is -0.291. The molecule has 0 aromatic carbocycles. The first-order chi connectivity index (χ1) is 6.71. The van der Waals surface area contributed by atoms with Crippen LogP contribution in [0.3, 0.4) is 0 Å². The predicted molar refractivity (Wildman–Crippen MR) is 52.7 cm³/mol. The summed E-state index contributed by atoms with van der Waals surface area (Å²) in [6.45, 7) is 4.36. The highest BCUT2D eigenvalue weighted by atomic mass is 32.2. The molecule has 2 aliphatic rings. The maximum atomic E-state index is 12.0. The third-order valence-electron chi connectivity index (χ3n) is 3.36. The molecule has 6 heteroatoms. The molecule has 0 radical (unpaired) electrons. The number of amides is 1. The first kappa shape index (κ1) is 10.6. The van der Waals surface area contributed by atoms with Gasteiger partial charge in [-0.25, -0.2) is 8.42 Å². The van der Waals surface area contributed by atoms with Crippen molar-refractivity contribution in [1.29, 1.82) is 0 Å². The van der Waals surface area contributed by atoms with Crippen LogP contribution < -0.4 is 0 Å². The molecule has 0 bridgehead atoms. The maximum Gasteiger partial charge on any atom is 0.227 e. The van der Waals surface area contributed by atoms with Crippen molar-refractivity contribution in [3.05, 3.63) is 0 Å². The van der Waals surface area contributed by atoms with Crippen LogP contribution >= 0.6 is 0 Å². The highest BCUT2D eigenvalue weighted by Gasteiger charge is 2.66. The van der Waals surface area contributed by atoms with Gasteiger partial charge in [-0.3, -0.25) is 9.59 Å². The van der Waals surface area contributed by atoms with Gasteiger partial charge in [-0.15, -0.1) is 0 Å². The van der Waals surface area contributed by atoms with E-state index in [1.165, 1.54) is 25.7 Å². The Morgan fingerprint density at radius 3 is 2.33 bits per heavy atom. The van der Waals surface area contributed by atoms with Crippen LogP contribution in [0.5, 0.6) is 0 Å². The minimum atomic E-state index is -3.41. The number of Topliss-reactive ketones (excluding diaryl/α,β-unsaturated/α-hetero) is 1. The monoisotopic (exact) mass is 231 g/mol. The van der Waals surface area contributed by atoms with Crippen molar-refractivity contribution in [3.8, 4) is 0 Å². The quantitative estimate of drug-likeness (QED) is 0.581. The van der Waals surface area contributed by atoms with Crippen LogP contribution in [0.25, 0.3) is 0 Å². The largest absolute Gasteiger partial charge is 0.313 e. The second kappa shape index (κ2) is 2.61. The molecule has 5 nitrogen and oxygen atoms in total. The summed E-state index contributed by atoms with van der Waals surface area (Å²) in [7, 11) is -3.41. The summed E-state index contributed by atoms with van der Waals surface area (Å²) >= 11 is 0. The van der Waals surface area contributed by atoms with Gasteiger partial charge in [0.15, 0.2) is 15.6 Å². The number of carbonyl (C=O) groups excluding carboxylic acids is 2. The molecular formula is C9H13NO4S. The van der Waals surface area contributed by atoms with Gasteiger partial charge >= 0.3 is 0 Å². The fourth-order valence-electron chi connectivity index (χ4n) is 2.50. The lowest BCUT2D eigenvalue weighted by atomic mass is 9.95. The Labute approximate surface area is 88.4 Å². The molecule has 0 saturated carbocycles. The molecule has 0 spiro atoms. The van der Waals surface area contributed by atoms with Crippen LogP contribution in [0.2, 0.25) is 0 Å². The summed E-state index contributed by atoms with van der Waals surface area (Å²) in [6.07, 6.45) is 0.0234. The van der Waals surface area contributed by atoms with Crippen molar-refractivity contribution in [2.45, 2.75) is 43.4 Å². The molecule has 2 saturated heterocycles. The molecule has 15 heavy (non-hydrogen) atoms. The van der Waals surface area contributed by atoms with Crippen molar-refractivity contribution in [2.75, 3.05) is 0 Å². The van der Waals surface area contributed by atoms with Gasteiger partial charge in [0.25, 0.3) is 0 Å². The molecule has 0 aromatic heterocycles. The van der Waals surface area contributed by atoms with E-state index in [1.54, 1.807) is 0 Å². The van der Waals surface area contributed by atoms with Gasteiger partial charge in [0.1, 0.15) is 11.4 Å².